The third-order valence-electron chi connectivity index (χ3n) is 1.69. The van der Waals surface area contributed by atoms with Gasteiger partial charge in [0.15, 0.2) is 0 Å². The van der Waals surface area contributed by atoms with Gasteiger partial charge in [-0.3, -0.25) is 0 Å². The molecule has 1 N–H and O–H groups in total. The summed E-state index contributed by atoms with van der Waals surface area (Å²) in [5, 5.41) is 3.23. The molecule has 0 amide bonds. The smallest absolute Gasteiger partial charge is 0.218 e. The lowest BCUT2D eigenvalue weighted by molar-refractivity contribution is 0.232. The summed E-state index contributed by atoms with van der Waals surface area (Å²) in [7, 11) is 0. The number of rotatable bonds is 5. The lowest BCUT2D eigenvalue weighted by atomic mass is 10.2. The van der Waals surface area contributed by atoms with Gasteiger partial charge in [0.1, 0.15) is 12.1 Å². The Kier molecular flexibility index (Phi) is 4.34. The van der Waals surface area contributed by atoms with E-state index in [0.29, 0.717) is 11.8 Å². The average molecular weight is 209 g/mol. The van der Waals surface area contributed by atoms with Crippen molar-refractivity contribution >= 4 is 5.82 Å². The molecule has 15 heavy (non-hydrogen) atoms. The van der Waals surface area contributed by atoms with E-state index in [1.54, 1.807) is 0 Å². The second-order valence-corrected chi connectivity index (χ2v) is 4.18. The molecule has 0 spiro atoms. The van der Waals surface area contributed by atoms with Crippen LogP contribution in [0.1, 0.15) is 27.7 Å². The Bertz CT molecular complexity index is 300. The van der Waals surface area contributed by atoms with Gasteiger partial charge in [0.25, 0.3) is 0 Å². The van der Waals surface area contributed by atoms with E-state index in [1.807, 2.05) is 19.9 Å². The van der Waals surface area contributed by atoms with E-state index in [-0.39, 0.29) is 6.10 Å². The molecule has 1 rings (SSSR count). The molecule has 0 aliphatic rings. The highest BCUT2D eigenvalue weighted by Gasteiger charge is 2.02. The van der Waals surface area contributed by atoms with Crippen LogP contribution in [0.4, 0.5) is 5.82 Å². The number of ether oxygens (including phenoxy) is 1. The Morgan fingerprint density at radius 1 is 1.27 bits per heavy atom. The van der Waals surface area contributed by atoms with Crippen LogP contribution in [-0.2, 0) is 0 Å². The van der Waals surface area contributed by atoms with E-state index in [1.165, 1.54) is 6.33 Å². The summed E-state index contributed by atoms with van der Waals surface area (Å²) in [5.74, 6) is 2.02. The van der Waals surface area contributed by atoms with Crippen molar-refractivity contribution in [3.05, 3.63) is 12.4 Å². The molecule has 0 aliphatic heterocycles. The van der Waals surface area contributed by atoms with Crippen LogP contribution in [0, 0.1) is 5.92 Å². The highest BCUT2D eigenvalue weighted by atomic mass is 16.5. The van der Waals surface area contributed by atoms with Gasteiger partial charge in [-0.1, -0.05) is 13.8 Å². The van der Waals surface area contributed by atoms with E-state index in [0.717, 1.165) is 12.4 Å². The Balaban J connectivity index is 2.57. The standard InChI is InChI=1S/C11H19N3O/c1-8(2)6-12-10-5-11(14-7-13-10)15-9(3)4/h5,7-9H,6H2,1-4H3,(H,12,13,14). The van der Waals surface area contributed by atoms with Crippen LogP contribution in [0.5, 0.6) is 5.88 Å². The Hall–Kier alpha value is -1.32. The van der Waals surface area contributed by atoms with Crippen LogP contribution in [0.2, 0.25) is 0 Å². The minimum absolute atomic E-state index is 0.137. The summed E-state index contributed by atoms with van der Waals surface area (Å²) in [6.07, 6.45) is 1.65. The van der Waals surface area contributed by atoms with E-state index in [4.69, 9.17) is 4.74 Å². The first-order chi connectivity index (χ1) is 7.08. The van der Waals surface area contributed by atoms with Gasteiger partial charge >= 0.3 is 0 Å². The molecular formula is C11H19N3O. The minimum Gasteiger partial charge on any atom is -0.475 e. The van der Waals surface area contributed by atoms with Gasteiger partial charge in [0.05, 0.1) is 6.10 Å². The van der Waals surface area contributed by atoms with Crippen LogP contribution in [0.3, 0.4) is 0 Å². The van der Waals surface area contributed by atoms with Crippen LogP contribution in [0.15, 0.2) is 12.4 Å². The van der Waals surface area contributed by atoms with Crippen molar-refractivity contribution in [2.24, 2.45) is 5.92 Å². The van der Waals surface area contributed by atoms with Crippen molar-refractivity contribution in [1.29, 1.82) is 0 Å². The first kappa shape index (κ1) is 11.8. The van der Waals surface area contributed by atoms with E-state index >= 15 is 0 Å². The predicted molar refractivity (Wildman–Crippen MR) is 61.1 cm³/mol. The summed E-state index contributed by atoms with van der Waals surface area (Å²) in [6.45, 7) is 9.16. The van der Waals surface area contributed by atoms with Gasteiger partial charge in [-0.25, -0.2) is 9.97 Å². The van der Waals surface area contributed by atoms with E-state index < -0.39 is 0 Å². The second kappa shape index (κ2) is 5.53. The molecule has 0 fully saturated rings. The second-order valence-electron chi connectivity index (χ2n) is 4.18. The lowest BCUT2D eigenvalue weighted by Crippen LogP contribution is -2.11. The normalized spacial score (nSPS) is 10.8. The maximum Gasteiger partial charge on any atom is 0.218 e. The van der Waals surface area contributed by atoms with Crippen LogP contribution in [0.25, 0.3) is 0 Å². The zero-order chi connectivity index (χ0) is 11.3. The number of anilines is 1. The maximum atomic E-state index is 5.47. The average Bonchev–Trinajstić information content (AvgIpc) is 2.14. The largest absolute Gasteiger partial charge is 0.475 e. The van der Waals surface area contributed by atoms with Crippen LogP contribution >= 0.6 is 0 Å². The molecule has 0 saturated carbocycles. The molecule has 0 aliphatic carbocycles. The number of nitrogens with zero attached hydrogens (tertiary/aromatic N) is 2. The van der Waals surface area contributed by atoms with Crippen molar-refractivity contribution in [3.8, 4) is 5.88 Å². The molecular weight excluding hydrogens is 190 g/mol. The first-order valence-corrected chi connectivity index (χ1v) is 5.30. The number of nitrogens with one attached hydrogen (secondary N) is 1. The van der Waals surface area contributed by atoms with E-state index in [2.05, 4.69) is 29.1 Å². The van der Waals surface area contributed by atoms with Gasteiger partial charge in [-0.05, 0) is 19.8 Å². The summed E-state index contributed by atoms with van der Waals surface area (Å²) in [4.78, 5) is 8.15. The first-order valence-electron chi connectivity index (χ1n) is 5.30. The summed E-state index contributed by atoms with van der Waals surface area (Å²) >= 11 is 0. The van der Waals surface area contributed by atoms with Crippen molar-refractivity contribution in [3.63, 3.8) is 0 Å². The van der Waals surface area contributed by atoms with Crippen molar-refractivity contribution in [2.45, 2.75) is 33.8 Å². The molecule has 0 atom stereocenters. The van der Waals surface area contributed by atoms with Gasteiger partial charge < -0.3 is 10.1 Å². The highest BCUT2D eigenvalue weighted by molar-refractivity contribution is 5.36. The molecule has 1 aromatic heterocycles. The summed E-state index contributed by atoms with van der Waals surface area (Å²) in [6, 6.07) is 1.82. The predicted octanol–water partition coefficient (Wildman–Crippen LogP) is 2.33. The van der Waals surface area contributed by atoms with Gasteiger partial charge in [-0.2, -0.15) is 0 Å². The van der Waals surface area contributed by atoms with Crippen molar-refractivity contribution in [2.75, 3.05) is 11.9 Å². The SMILES string of the molecule is CC(C)CNc1cc(OC(C)C)ncn1. The fourth-order valence-corrected chi connectivity index (χ4v) is 1.05. The lowest BCUT2D eigenvalue weighted by Gasteiger charge is -2.11. The summed E-state index contributed by atoms with van der Waals surface area (Å²) < 4.78 is 5.47. The molecule has 4 nitrogen and oxygen atoms in total. The number of hydrogen-bond donors (Lipinski definition) is 1. The van der Waals surface area contributed by atoms with E-state index in [9.17, 15) is 0 Å². The molecule has 0 unspecified atom stereocenters. The molecule has 1 heterocycles. The molecule has 0 radical (unpaired) electrons. The fraction of sp³-hybridized carbons (Fsp3) is 0.636. The van der Waals surface area contributed by atoms with Gasteiger partial charge in [0, 0.05) is 12.6 Å². The Morgan fingerprint density at radius 2 is 2.00 bits per heavy atom. The highest BCUT2D eigenvalue weighted by Crippen LogP contribution is 2.12. The summed E-state index contributed by atoms with van der Waals surface area (Å²) in [5.41, 5.74) is 0. The maximum absolute atomic E-state index is 5.47. The van der Waals surface area contributed by atoms with Crippen molar-refractivity contribution in [1.82, 2.24) is 9.97 Å². The van der Waals surface area contributed by atoms with Gasteiger partial charge in [0.2, 0.25) is 5.88 Å². The molecule has 84 valence electrons. The monoisotopic (exact) mass is 209 g/mol. The minimum atomic E-state index is 0.137. The topological polar surface area (TPSA) is 47.0 Å². The van der Waals surface area contributed by atoms with Crippen LogP contribution in [-0.4, -0.2) is 22.6 Å². The van der Waals surface area contributed by atoms with Crippen molar-refractivity contribution < 1.29 is 4.74 Å². The number of hydrogen-bond acceptors (Lipinski definition) is 4. The third-order valence-corrected chi connectivity index (χ3v) is 1.69. The quantitative estimate of drug-likeness (QED) is 0.808. The molecule has 1 aromatic rings. The van der Waals surface area contributed by atoms with Gasteiger partial charge in [-0.15, -0.1) is 0 Å². The molecule has 4 heteroatoms. The third kappa shape index (κ3) is 4.63. The Morgan fingerprint density at radius 3 is 2.60 bits per heavy atom. The fourth-order valence-electron chi connectivity index (χ4n) is 1.05. The zero-order valence-electron chi connectivity index (χ0n) is 9.82. The van der Waals surface area contributed by atoms with Crippen LogP contribution < -0.4 is 10.1 Å². The number of aromatic nitrogens is 2. The Labute approximate surface area is 91.1 Å². The zero-order valence-corrected chi connectivity index (χ0v) is 9.82. The molecule has 0 saturated heterocycles. The molecule has 0 aromatic carbocycles. The molecule has 0 bridgehead atoms.